The molecule has 2 rings (SSSR count). The first-order valence-electron chi connectivity index (χ1n) is 5.88. The lowest BCUT2D eigenvalue weighted by atomic mass is 9.77. The van der Waals surface area contributed by atoms with Crippen LogP contribution in [0.3, 0.4) is 0 Å². The van der Waals surface area contributed by atoms with E-state index >= 15 is 0 Å². The van der Waals surface area contributed by atoms with Gasteiger partial charge in [0, 0.05) is 24.5 Å². The highest BCUT2D eigenvalue weighted by Gasteiger charge is 2.36. The van der Waals surface area contributed by atoms with Gasteiger partial charge in [-0.1, -0.05) is 36.9 Å². The van der Waals surface area contributed by atoms with Crippen LogP contribution in [0.4, 0.5) is 0 Å². The van der Waals surface area contributed by atoms with Crippen LogP contribution in [-0.2, 0) is 6.42 Å². The molecule has 1 heterocycles. The molecule has 1 unspecified atom stereocenters. The molecular formula is C14H20N2. The molecule has 2 N–H and O–H groups in total. The smallest absolute Gasteiger partial charge is 0.0432 e. The summed E-state index contributed by atoms with van der Waals surface area (Å²) in [5.41, 5.74) is 1.50. The maximum atomic E-state index is 3.80. The normalized spacial score (nSPS) is 19.6. The second-order valence-corrected chi connectivity index (χ2v) is 4.78. The van der Waals surface area contributed by atoms with E-state index in [-0.39, 0.29) is 5.54 Å². The van der Waals surface area contributed by atoms with Gasteiger partial charge >= 0.3 is 0 Å². The van der Waals surface area contributed by atoms with Gasteiger partial charge in [0.15, 0.2) is 0 Å². The Morgan fingerprint density at radius 1 is 1.44 bits per heavy atom. The molecule has 16 heavy (non-hydrogen) atoms. The highest BCUT2D eigenvalue weighted by molar-refractivity contribution is 5.19. The zero-order valence-corrected chi connectivity index (χ0v) is 9.87. The van der Waals surface area contributed by atoms with Crippen LogP contribution in [0.2, 0.25) is 0 Å². The lowest BCUT2D eigenvalue weighted by molar-refractivity contribution is 0.180. The Labute approximate surface area is 97.8 Å². The quantitative estimate of drug-likeness (QED) is 0.786. The van der Waals surface area contributed by atoms with E-state index in [1.165, 1.54) is 5.56 Å². The third kappa shape index (κ3) is 2.27. The summed E-state index contributed by atoms with van der Waals surface area (Å²) in [5, 5.41) is 6.77. The van der Waals surface area contributed by atoms with Crippen molar-refractivity contribution in [3.05, 3.63) is 48.7 Å². The van der Waals surface area contributed by atoms with E-state index in [2.05, 4.69) is 54.5 Å². The van der Waals surface area contributed by atoms with Crippen molar-refractivity contribution in [2.24, 2.45) is 5.92 Å². The Kier molecular flexibility index (Phi) is 3.30. The van der Waals surface area contributed by atoms with Crippen molar-refractivity contribution in [3.8, 4) is 0 Å². The Bertz CT molecular complexity index is 343. The summed E-state index contributed by atoms with van der Waals surface area (Å²) in [6, 6.07) is 10.6. The zero-order valence-electron chi connectivity index (χ0n) is 9.87. The first-order chi connectivity index (χ1) is 7.74. The second-order valence-electron chi connectivity index (χ2n) is 4.78. The van der Waals surface area contributed by atoms with Crippen molar-refractivity contribution in [2.75, 3.05) is 13.1 Å². The number of hydrogen-bond donors (Lipinski definition) is 2. The van der Waals surface area contributed by atoms with Crippen molar-refractivity contribution < 1.29 is 0 Å². The number of benzene rings is 1. The van der Waals surface area contributed by atoms with E-state index in [1.54, 1.807) is 0 Å². The Morgan fingerprint density at radius 3 is 2.62 bits per heavy atom. The van der Waals surface area contributed by atoms with Crippen molar-refractivity contribution in [1.29, 1.82) is 0 Å². The van der Waals surface area contributed by atoms with E-state index in [0.717, 1.165) is 19.5 Å². The maximum absolute atomic E-state index is 3.80. The summed E-state index contributed by atoms with van der Waals surface area (Å²) in [5.74, 6) is 0.686. The topological polar surface area (TPSA) is 24.1 Å². The minimum atomic E-state index is 0.119. The summed E-state index contributed by atoms with van der Waals surface area (Å²) in [6.07, 6.45) is 2.87. The van der Waals surface area contributed by atoms with Crippen LogP contribution in [-0.4, -0.2) is 18.6 Å². The maximum Gasteiger partial charge on any atom is 0.0432 e. The molecule has 0 radical (unpaired) electrons. The SMILES string of the molecule is C=CNC(C)(Cc1ccccc1)C1CNC1. The average molecular weight is 216 g/mol. The molecule has 0 saturated carbocycles. The van der Waals surface area contributed by atoms with E-state index in [1.807, 2.05) is 6.20 Å². The van der Waals surface area contributed by atoms with Gasteiger partial charge in [0.25, 0.3) is 0 Å². The van der Waals surface area contributed by atoms with Crippen LogP contribution in [0.1, 0.15) is 12.5 Å². The molecule has 1 aromatic rings. The Morgan fingerprint density at radius 2 is 2.12 bits per heavy atom. The van der Waals surface area contributed by atoms with E-state index in [0.29, 0.717) is 5.92 Å². The van der Waals surface area contributed by atoms with E-state index in [9.17, 15) is 0 Å². The first-order valence-corrected chi connectivity index (χ1v) is 5.88. The molecule has 1 fully saturated rings. The summed E-state index contributed by atoms with van der Waals surface area (Å²) >= 11 is 0. The molecule has 2 nitrogen and oxygen atoms in total. The van der Waals surface area contributed by atoms with Gasteiger partial charge in [0.1, 0.15) is 0 Å². The van der Waals surface area contributed by atoms with Crippen LogP contribution < -0.4 is 10.6 Å². The summed E-state index contributed by atoms with van der Waals surface area (Å²) in [7, 11) is 0. The molecule has 1 aromatic carbocycles. The second kappa shape index (κ2) is 4.71. The predicted octanol–water partition coefficient (Wildman–Crippen LogP) is 1.94. The van der Waals surface area contributed by atoms with Crippen molar-refractivity contribution in [1.82, 2.24) is 10.6 Å². The lowest BCUT2D eigenvalue weighted by Gasteiger charge is -2.44. The molecule has 1 aliphatic heterocycles. The Hall–Kier alpha value is -1.28. The minimum absolute atomic E-state index is 0.119. The lowest BCUT2D eigenvalue weighted by Crippen LogP contribution is -2.60. The van der Waals surface area contributed by atoms with Gasteiger partial charge in [-0.3, -0.25) is 0 Å². The summed E-state index contributed by atoms with van der Waals surface area (Å²) < 4.78 is 0. The van der Waals surface area contributed by atoms with Crippen molar-refractivity contribution in [3.63, 3.8) is 0 Å². The molecule has 0 aromatic heterocycles. The summed E-state index contributed by atoms with van der Waals surface area (Å²) in [4.78, 5) is 0. The van der Waals surface area contributed by atoms with Crippen molar-refractivity contribution >= 4 is 0 Å². The molecule has 1 aliphatic rings. The molecule has 86 valence electrons. The van der Waals surface area contributed by atoms with E-state index in [4.69, 9.17) is 0 Å². The van der Waals surface area contributed by atoms with Crippen LogP contribution in [0.5, 0.6) is 0 Å². The largest absolute Gasteiger partial charge is 0.385 e. The molecular weight excluding hydrogens is 196 g/mol. The van der Waals surface area contributed by atoms with Crippen LogP contribution in [0.25, 0.3) is 0 Å². The molecule has 0 spiro atoms. The number of nitrogens with one attached hydrogen (secondary N) is 2. The zero-order chi connectivity index (χ0) is 11.4. The van der Waals surface area contributed by atoms with Gasteiger partial charge in [0.05, 0.1) is 0 Å². The fraction of sp³-hybridized carbons (Fsp3) is 0.429. The monoisotopic (exact) mass is 216 g/mol. The average Bonchev–Trinajstić information content (AvgIpc) is 2.16. The molecule has 0 amide bonds. The van der Waals surface area contributed by atoms with Crippen molar-refractivity contribution in [2.45, 2.75) is 18.9 Å². The van der Waals surface area contributed by atoms with Gasteiger partial charge < -0.3 is 10.6 Å². The van der Waals surface area contributed by atoms with Crippen LogP contribution >= 0.6 is 0 Å². The third-order valence-electron chi connectivity index (χ3n) is 3.53. The number of rotatable bonds is 5. The standard InChI is InChI=1S/C14H20N2/c1-3-16-14(2,13-10-15-11-13)9-12-7-5-4-6-8-12/h3-8,13,15-16H,1,9-11H2,2H3. The fourth-order valence-electron chi connectivity index (χ4n) is 2.31. The van der Waals surface area contributed by atoms with Gasteiger partial charge in [0.2, 0.25) is 0 Å². The molecule has 1 atom stereocenters. The summed E-state index contributed by atoms with van der Waals surface area (Å²) in [6.45, 7) is 8.28. The van der Waals surface area contributed by atoms with Crippen LogP contribution in [0, 0.1) is 5.92 Å². The highest BCUT2D eigenvalue weighted by Crippen LogP contribution is 2.25. The Balaban J connectivity index is 2.10. The fourth-order valence-corrected chi connectivity index (χ4v) is 2.31. The molecule has 1 saturated heterocycles. The third-order valence-corrected chi connectivity index (χ3v) is 3.53. The predicted molar refractivity (Wildman–Crippen MR) is 68.2 cm³/mol. The van der Waals surface area contributed by atoms with E-state index < -0.39 is 0 Å². The number of hydrogen-bond acceptors (Lipinski definition) is 2. The first kappa shape index (κ1) is 11.2. The molecule has 2 heteroatoms. The van der Waals surface area contributed by atoms with Crippen LogP contribution in [0.15, 0.2) is 43.1 Å². The molecule has 0 aliphatic carbocycles. The molecule has 0 bridgehead atoms. The van der Waals surface area contributed by atoms with Gasteiger partial charge in [-0.2, -0.15) is 0 Å². The van der Waals surface area contributed by atoms with Gasteiger partial charge in [-0.15, -0.1) is 0 Å². The van der Waals surface area contributed by atoms with Gasteiger partial charge in [-0.05, 0) is 25.1 Å². The highest BCUT2D eigenvalue weighted by atomic mass is 15.0. The van der Waals surface area contributed by atoms with Gasteiger partial charge in [-0.25, -0.2) is 0 Å². The minimum Gasteiger partial charge on any atom is -0.385 e.